The summed E-state index contributed by atoms with van der Waals surface area (Å²) in [7, 11) is 1.58. The Kier molecular flexibility index (Phi) is 10.7. The van der Waals surface area contributed by atoms with Crippen LogP contribution in [-0.4, -0.2) is 32.7 Å². The van der Waals surface area contributed by atoms with Crippen molar-refractivity contribution in [2.45, 2.75) is 25.8 Å². The molecule has 0 aliphatic heterocycles. The van der Waals surface area contributed by atoms with E-state index in [1.54, 1.807) is 7.11 Å². The van der Waals surface area contributed by atoms with Crippen LogP contribution in [0.5, 0.6) is 0 Å². The van der Waals surface area contributed by atoms with Crippen molar-refractivity contribution >= 4 is 18.3 Å². The quantitative estimate of drug-likeness (QED) is 0.681. The number of amides is 1. The van der Waals surface area contributed by atoms with Crippen LogP contribution >= 0.6 is 12.4 Å². The summed E-state index contributed by atoms with van der Waals surface area (Å²) in [6, 6.07) is 2.96. The molecule has 1 amide bonds. The summed E-state index contributed by atoms with van der Waals surface area (Å²) in [6.45, 7) is 3.15. The van der Waals surface area contributed by atoms with Crippen molar-refractivity contribution in [2.75, 3.05) is 26.8 Å². The van der Waals surface area contributed by atoms with Crippen LogP contribution in [0.4, 0.5) is 8.78 Å². The van der Waals surface area contributed by atoms with Gasteiger partial charge in [-0.1, -0.05) is 19.4 Å². The van der Waals surface area contributed by atoms with Crippen LogP contribution in [0.25, 0.3) is 0 Å². The molecular weight excluding hydrogens is 314 g/mol. The summed E-state index contributed by atoms with van der Waals surface area (Å²) in [5, 5.41) is 5.68. The second-order valence-corrected chi connectivity index (χ2v) is 4.74. The van der Waals surface area contributed by atoms with Crippen LogP contribution in [-0.2, 0) is 9.53 Å². The first-order valence-corrected chi connectivity index (χ1v) is 7.02. The average Bonchev–Trinajstić information content (AvgIpc) is 2.43. The van der Waals surface area contributed by atoms with Crippen molar-refractivity contribution < 1.29 is 18.3 Å². The molecule has 4 nitrogen and oxygen atoms in total. The Balaban J connectivity index is 0.00000441. The van der Waals surface area contributed by atoms with Crippen molar-refractivity contribution in [3.8, 4) is 0 Å². The van der Waals surface area contributed by atoms with Gasteiger partial charge < -0.3 is 15.4 Å². The number of nitrogens with one attached hydrogen (secondary N) is 2. The van der Waals surface area contributed by atoms with Crippen molar-refractivity contribution in [2.24, 2.45) is 0 Å². The van der Waals surface area contributed by atoms with E-state index in [1.165, 1.54) is 12.1 Å². The number of ether oxygens (including phenoxy) is 1. The summed E-state index contributed by atoms with van der Waals surface area (Å²) < 4.78 is 31.6. The normalized spacial score (nSPS) is 11.6. The van der Waals surface area contributed by atoms with E-state index in [9.17, 15) is 13.6 Å². The van der Waals surface area contributed by atoms with Gasteiger partial charge in [-0.2, -0.15) is 0 Å². The topological polar surface area (TPSA) is 50.4 Å². The van der Waals surface area contributed by atoms with Crippen LogP contribution in [0, 0.1) is 11.6 Å². The Labute approximate surface area is 136 Å². The van der Waals surface area contributed by atoms with Crippen molar-refractivity contribution in [3.05, 3.63) is 35.4 Å². The number of hydrogen-bond donors (Lipinski definition) is 2. The maximum Gasteiger partial charge on any atom is 0.234 e. The molecule has 0 saturated carbocycles. The second-order valence-electron chi connectivity index (χ2n) is 4.74. The number of carbonyl (C=O) groups excluding carboxylic acids is 1. The first kappa shape index (κ1) is 20.8. The minimum Gasteiger partial charge on any atom is -0.383 e. The van der Waals surface area contributed by atoms with Gasteiger partial charge in [-0.05, 0) is 12.5 Å². The second kappa shape index (κ2) is 11.3. The van der Waals surface area contributed by atoms with Crippen molar-refractivity contribution in [1.82, 2.24) is 10.6 Å². The van der Waals surface area contributed by atoms with E-state index in [0.29, 0.717) is 25.1 Å². The minimum atomic E-state index is -0.638. The van der Waals surface area contributed by atoms with Gasteiger partial charge in [0.05, 0.1) is 19.2 Å². The van der Waals surface area contributed by atoms with Gasteiger partial charge in [0, 0.05) is 25.3 Å². The summed E-state index contributed by atoms with van der Waals surface area (Å²) in [5.41, 5.74) is 0.309. The van der Waals surface area contributed by atoms with E-state index in [-0.39, 0.29) is 24.9 Å². The molecule has 0 aliphatic carbocycles. The molecule has 0 saturated heterocycles. The molecule has 0 aliphatic rings. The molecule has 0 aromatic heterocycles. The number of hydrogen-bond acceptors (Lipinski definition) is 3. The lowest BCUT2D eigenvalue weighted by atomic mass is 10.0. The summed E-state index contributed by atoms with van der Waals surface area (Å²) >= 11 is 0. The first-order valence-electron chi connectivity index (χ1n) is 7.02. The Morgan fingerprint density at radius 2 is 2.09 bits per heavy atom. The Hall–Kier alpha value is -1.24. The summed E-state index contributed by atoms with van der Waals surface area (Å²) in [4.78, 5) is 11.8. The van der Waals surface area contributed by atoms with Gasteiger partial charge in [0.2, 0.25) is 5.91 Å². The molecule has 1 aromatic carbocycles. The molecule has 7 heteroatoms. The summed E-state index contributed by atoms with van der Waals surface area (Å²) in [5.74, 6) is -1.49. The van der Waals surface area contributed by atoms with E-state index in [1.807, 2.05) is 6.92 Å². The number of halogens is 3. The van der Waals surface area contributed by atoms with Gasteiger partial charge in [0.15, 0.2) is 0 Å². The predicted molar refractivity (Wildman–Crippen MR) is 84.1 cm³/mol. The molecule has 2 N–H and O–H groups in total. The Morgan fingerprint density at radius 3 is 2.68 bits per heavy atom. The van der Waals surface area contributed by atoms with Gasteiger partial charge in [0.25, 0.3) is 0 Å². The highest BCUT2D eigenvalue weighted by Gasteiger charge is 2.17. The standard InChI is InChI=1S/C15H22F2N2O2.ClH/c1-3-4-14(12-6-5-11(16)9-13(12)17)19-15(20)10-18-7-8-21-2;/h5-6,9,14,18H,3-4,7-8,10H2,1-2H3,(H,19,20);1H. The third kappa shape index (κ3) is 7.15. The molecule has 1 aromatic rings. The fourth-order valence-electron chi connectivity index (χ4n) is 2.00. The third-order valence-electron chi connectivity index (χ3n) is 3.02. The van der Waals surface area contributed by atoms with Crippen LogP contribution in [0.15, 0.2) is 18.2 Å². The molecule has 0 bridgehead atoms. The van der Waals surface area contributed by atoms with Gasteiger partial charge in [0.1, 0.15) is 11.6 Å². The molecule has 22 heavy (non-hydrogen) atoms. The van der Waals surface area contributed by atoms with E-state index in [2.05, 4.69) is 10.6 Å². The van der Waals surface area contributed by atoms with Crippen molar-refractivity contribution in [3.63, 3.8) is 0 Å². The fraction of sp³-hybridized carbons (Fsp3) is 0.533. The average molecular weight is 337 g/mol. The third-order valence-corrected chi connectivity index (χ3v) is 3.02. The van der Waals surface area contributed by atoms with E-state index in [0.717, 1.165) is 12.5 Å². The molecule has 126 valence electrons. The first-order chi connectivity index (χ1) is 10.1. The maximum atomic E-state index is 13.8. The van der Waals surface area contributed by atoms with Gasteiger partial charge in [-0.3, -0.25) is 4.79 Å². The summed E-state index contributed by atoms with van der Waals surface area (Å²) in [6.07, 6.45) is 1.37. The monoisotopic (exact) mass is 336 g/mol. The van der Waals surface area contributed by atoms with E-state index < -0.39 is 17.7 Å². The number of carbonyl (C=O) groups is 1. The zero-order chi connectivity index (χ0) is 15.7. The van der Waals surface area contributed by atoms with E-state index >= 15 is 0 Å². The van der Waals surface area contributed by atoms with Crippen LogP contribution < -0.4 is 10.6 Å². The largest absolute Gasteiger partial charge is 0.383 e. The molecule has 1 atom stereocenters. The maximum absolute atomic E-state index is 13.8. The molecule has 0 radical (unpaired) electrons. The van der Waals surface area contributed by atoms with Crippen LogP contribution in [0.3, 0.4) is 0 Å². The lowest BCUT2D eigenvalue weighted by Crippen LogP contribution is -2.37. The zero-order valence-corrected chi connectivity index (χ0v) is 13.6. The smallest absolute Gasteiger partial charge is 0.234 e. The Morgan fingerprint density at radius 1 is 1.36 bits per heavy atom. The Bertz CT molecular complexity index is 461. The van der Waals surface area contributed by atoms with Gasteiger partial charge in [-0.15, -0.1) is 12.4 Å². The van der Waals surface area contributed by atoms with Crippen LogP contribution in [0.2, 0.25) is 0 Å². The number of methoxy groups -OCH3 is 1. The lowest BCUT2D eigenvalue weighted by Gasteiger charge is -2.19. The molecule has 0 fully saturated rings. The SMILES string of the molecule is CCCC(NC(=O)CNCCOC)c1ccc(F)cc1F.Cl. The zero-order valence-electron chi connectivity index (χ0n) is 12.8. The van der Waals surface area contributed by atoms with Gasteiger partial charge >= 0.3 is 0 Å². The van der Waals surface area contributed by atoms with Crippen molar-refractivity contribution in [1.29, 1.82) is 0 Å². The fourth-order valence-corrected chi connectivity index (χ4v) is 2.00. The molecule has 0 heterocycles. The van der Waals surface area contributed by atoms with Gasteiger partial charge in [-0.25, -0.2) is 8.78 Å². The number of rotatable bonds is 9. The highest BCUT2D eigenvalue weighted by atomic mass is 35.5. The molecule has 1 unspecified atom stereocenters. The van der Waals surface area contributed by atoms with Crippen LogP contribution in [0.1, 0.15) is 31.4 Å². The highest BCUT2D eigenvalue weighted by molar-refractivity contribution is 5.85. The highest BCUT2D eigenvalue weighted by Crippen LogP contribution is 2.22. The molecular formula is C15H23ClF2N2O2. The lowest BCUT2D eigenvalue weighted by molar-refractivity contribution is -0.121. The molecule has 1 rings (SSSR count). The number of benzene rings is 1. The van der Waals surface area contributed by atoms with E-state index in [4.69, 9.17) is 4.74 Å². The minimum absolute atomic E-state index is 0. The molecule has 0 spiro atoms. The predicted octanol–water partition coefficient (Wildman–Crippen LogP) is 2.58.